The van der Waals surface area contributed by atoms with Crippen molar-refractivity contribution in [2.45, 2.75) is 33.1 Å². The number of hydrogen-bond acceptors (Lipinski definition) is 2. The quantitative estimate of drug-likeness (QED) is 0.534. The van der Waals surface area contributed by atoms with Crippen LogP contribution in [0.15, 0.2) is 12.2 Å². The molecule has 0 saturated carbocycles. The normalized spacial score (nSPS) is 11.9. The van der Waals surface area contributed by atoms with Crippen molar-refractivity contribution >= 4 is 11.9 Å². The zero-order chi connectivity index (χ0) is 12.7. The third kappa shape index (κ3) is 5.53. The summed E-state index contributed by atoms with van der Waals surface area (Å²) in [5.41, 5.74) is 0.529. The zero-order valence-corrected chi connectivity index (χ0v) is 10.3. The molecular weight excluding hydrogens is 206 g/mol. The Hall–Kier alpha value is -1.32. The maximum Gasteiger partial charge on any atom is 0.306 e. The number of likely N-dealkylation sites (N-methyl/N-ethyl adjacent to an activating group) is 1. The SMILES string of the molecule is C=C(C)C(=O)N(C)CCCCC(C)C(=O)O. The third-order valence-corrected chi connectivity index (χ3v) is 2.51. The highest BCUT2D eigenvalue weighted by molar-refractivity contribution is 5.91. The van der Waals surface area contributed by atoms with Crippen molar-refractivity contribution in [1.82, 2.24) is 4.90 Å². The van der Waals surface area contributed by atoms with Gasteiger partial charge in [0.15, 0.2) is 0 Å². The molecule has 0 bridgehead atoms. The average Bonchev–Trinajstić information content (AvgIpc) is 2.22. The van der Waals surface area contributed by atoms with Crippen molar-refractivity contribution in [2.24, 2.45) is 5.92 Å². The molecule has 0 aliphatic rings. The van der Waals surface area contributed by atoms with E-state index in [1.54, 1.807) is 25.8 Å². The van der Waals surface area contributed by atoms with E-state index in [9.17, 15) is 9.59 Å². The molecule has 0 aliphatic heterocycles. The van der Waals surface area contributed by atoms with Crippen LogP contribution in [0, 0.1) is 5.92 Å². The van der Waals surface area contributed by atoms with Crippen molar-refractivity contribution in [3.05, 3.63) is 12.2 Å². The second-order valence-electron chi connectivity index (χ2n) is 4.24. The molecule has 16 heavy (non-hydrogen) atoms. The molecule has 92 valence electrons. The van der Waals surface area contributed by atoms with E-state index < -0.39 is 5.97 Å². The molecule has 4 heteroatoms. The van der Waals surface area contributed by atoms with E-state index in [2.05, 4.69) is 6.58 Å². The van der Waals surface area contributed by atoms with E-state index in [0.29, 0.717) is 18.5 Å². The maximum atomic E-state index is 11.4. The van der Waals surface area contributed by atoms with Crippen LogP contribution >= 0.6 is 0 Å². The summed E-state index contributed by atoms with van der Waals surface area (Å²) >= 11 is 0. The molecule has 0 aromatic carbocycles. The van der Waals surface area contributed by atoms with E-state index in [4.69, 9.17) is 5.11 Å². The van der Waals surface area contributed by atoms with Gasteiger partial charge in [-0.15, -0.1) is 0 Å². The first-order chi connectivity index (χ1) is 7.36. The molecule has 0 saturated heterocycles. The van der Waals surface area contributed by atoms with Crippen molar-refractivity contribution < 1.29 is 14.7 Å². The fourth-order valence-electron chi connectivity index (χ4n) is 1.35. The van der Waals surface area contributed by atoms with Gasteiger partial charge in [0.2, 0.25) is 5.91 Å². The largest absolute Gasteiger partial charge is 0.481 e. The molecule has 0 spiro atoms. The van der Waals surface area contributed by atoms with Crippen LogP contribution in [0.3, 0.4) is 0 Å². The zero-order valence-electron chi connectivity index (χ0n) is 10.3. The number of carbonyl (C=O) groups is 2. The first-order valence-corrected chi connectivity index (χ1v) is 5.50. The van der Waals surface area contributed by atoms with Gasteiger partial charge >= 0.3 is 5.97 Å². The first kappa shape index (κ1) is 14.7. The molecule has 4 nitrogen and oxygen atoms in total. The van der Waals surface area contributed by atoms with Crippen molar-refractivity contribution in [3.63, 3.8) is 0 Å². The third-order valence-electron chi connectivity index (χ3n) is 2.51. The molecule has 1 unspecified atom stereocenters. The number of rotatable bonds is 7. The lowest BCUT2D eigenvalue weighted by atomic mass is 10.0. The van der Waals surface area contributed by atoms with E-state index in [-0.39, 0.29) is 11.8 Å². The Kier molecular flexibility index (Phi) is 6.46. The highest BCUT2D eigenvalue weighted by Gasteiger charge is 2.11. The molecule has 0 rings (SSSR count). The fourth-order valence-corrected chi connectivity index (χ4v) is 1.35. The van der Waals surface area contributed by atoms with Gasteiger partial charge in [0.1, 0.15) is 0 Å². The Balaban J connectivity index is 3.71. The molecule has 1 amide bonds. The molecule has 0 aromatic rings. The van der Waals surface area contributed by atoms with Crippen LogP contribution in [0.2, 0.25) is 0 Å². The minimum Gasteiger partial charge on any atom is -0.481 e. The van der Waals surface area contributed by atoms with Crippen LogP contribution in [0.4, 0.5) is 0 Å². The number of aliphatic carboxylic acids is 1. The summed E-state index contributed by atoms with van der Waals surface area (Å²) in [7, 11) is 1.73. The Morgan fingerprint density at radius 1 is 1.38 bits per heavy atom. The summed E-state index contributed by atoms with van der Waals surface area (Å²) in [6.07, 6.45) is 2.30. The predicted octanol–water partition coefficient (Wildman–Crippen LogP) is 1.91. The van der Waals surface area contributed by atoms with Gasteiger partial charge in [-0.1, -0.05) is 19.9 Å². The minimum absolute atomic E-state index is 0.0497. The number of nitrogens with zero attached hydrogens (tertiary/aromatic N) is 1. The highest BCUT2D eigenvalue weighted by atomic mass is 16.4. The molecular formula is C12H21NO3. The first-order valence-electron chi connectivity index (χ1n) is 5.50. The lowest BCUT2D eigenvalue weighted by Gasteiger charge is -2.17. The molecule has 1 atom stereocenters. The molecule has 1 N–H and O–H groups in total. The minimum atomic E-state index is -0.758. The second-order valence-corrected chi connectivity index (χ2v) is 4.24. The summed E-state index contributed by atoms with van der Waals surface area (Å²) in [6, 6.07) is 0. The van der Waals surface area contributed by atoms with Crippen LogP contribution in [0.25, 0.3) is 0 Å². The fraction of sp³-hybridized carbons (Fsp3) is 0.667. The number of carboxylic acid groups (broad SMARTS) is 1. The Morgan fingerprint density at radius 2 is 1.94 bits per heavy atom. The second kappa shape index (κ2) is 7.04. The van der Waals surface area contributed by atoms with Crippen LogP contribution in [-0.4, -0.2) is 35.5 Å². The number of carboxylic acids is 1. The lowest BCUT2D eigenvalue weighted by molar-refractivity contribution is -0.141. The van der Waals surface area contributed by atoms with Crippen LogP contribution in [0.5, 0.6) is 0 Å². The number of carbonyl (C=O) groups excluding carboxylic acids is 1. The topological polar surface area (TPSA) is 57.6 Å². The highest BCUT2D eigenvalue weighted by Crippen LogP contribution is 2.08. The van der Waals surface area contributed by atoms with Crippen molar-refractivity contribution in [2.75, 3.05) is 13.6 Å². The summed E-state index contributed by atoms with van der Waals surface area (Å²) in [6.45, 7) is 7.62. The monoisotopic (exact) mass is 227 g/mol. The number of hydrogen-bond donors (Lipinski definition) is 1. The van der Waals surface area contributed by atoms with E-state index >= 15 is 0 Å². The Labute approximate surface area is 96.9 Å². The van der Waals surface area contributed by atoms with Gasteiger partial charge in [0.25, 0.3) is 0 Å². The molecule has 0 radical (unpaired) electrons. The summed E-state index contributed by atoms with van der Waals surface area (Å²) in [5, 5.41) is 8.68. The van der Waals surface area contributed by atoms with Gasteiger partial charge in [-0.25, -0.2) is 0 Å². The van der Waals surface area contributed by atoms with Gasteiger partial charge in [0, 0.05) is 19.2 Å². The smallest absolute Gasteiger partial charge is 0.306 e. The van der Waals surface area contributed by atoms with Crippen LogP contribution < -0.4 is 0 Å². The summed E-state index contributed by atoms with van der Waals surface area (Å²) in [5.74, 6) is -1.11. The van der Waals surface area contributed by atoms with E-state index in [0.717, 1.165) is 12.8 Å². The predicted molar refractivity (Wildman–Crippen MR) is 63.1 cm³/mol. The lowest BCUT2D eigenvalue weighted by Crippen LogP contribution is -2.28. The van der Waals surface area contributed by atoms with Crippen LogP contribution in [-0.2, 0) is 9.59 Å². The molecule has 0 fully saturated rings. The summed E-state index contributed by atoms with van der Waals surface area (Å²) in [4.78, 5) is 23.6. The standard InChI is InChI=1S/C12H21NO3/c1-9(2)11(14)13(4)8-6-5-7-10(3)12(15)16/h10H,1,5-8H2,2-4H3,(H,15,16). The average molecular weight is 227 g/mol. The van der Waals surface area contributed by atoms with Gasteiger partial charge in [-0.05, 0) is 19.8 Å². The number of unbranched alkanes of at least 4 members (excludes halogenated alkanes) is 1. The molecule has 0 aliphatic carbocycles. The number of amides is 1. The van der Waals surface area contributed by atoms with Gasteiger partial charge in [-0.3, -0.25) is 9.59 Å². The van der Waals surface area contributed by atoms with Crippen molar-refractivity contribution in [3.8, 4) is 0 Å². The van der Waals surface area contributed by atoms with E-state index in [1.165, 1.54) is 0 Å². The van der Waals surface area contributed by atoms with Gasteiger partial charge in [0.05, 0.1) is 5.92 Å². The van der Waals surface area contributed by atoms with E-state index in [1.807, 2.05) is 0 Å². The summed E-state index contributed by atoms with van der Waals surface area (Å²) < 4.78 is 0. The van der Waals surface area contributed by atoms with Crippen molar-refractivity contribution in [1.29, 1.82) is 0 Å². The van der Waals surface area contributed by atoms with Gasteiger partial charge < -0.3 is 10.0 Å². The Morgan fingerprint density at radius 3 is 2.38 bits per heavy atom. The molecule has 0 heterocycles. The molecule has 0 aromatic heterocycles. The maximum absolute atomic E-state index is 11.4. The van der Waals surface area contributed by atoms with Gasteiger partial charge in [-0.2, -0.15) is 0 Å². The Bertz CT molecular complexity index is 273. The van der Waals surface area contributed by atoms with Crippen LogP contribution in [0.1, 0.15) is 33.1 Å².